The third-order valence-corrected chi connectivity index (χ3v) is 9.41. The molecule has 0 bridgehead atoms. The van der Waals surface area contributed by atoms with Crippen LogP contribution in [0.25, 0.3) is 0 Å². The number of hydrogen-bond donors (Lipinski definition) is 0. The van der Waals surface area contributed by atoms with Crippen molar-refractivity contribution in [1.29, 1.82) is 0 Å². The quantitative estimate of drug-likeness (QED) is 0.550. The fourth-order valence-electron chi connectivity index (χ4n) is 1.75. The third-order valence-electron chi connectivity index (χ3n) is 3.72. The van der Waals surface area contributed by atoms with E-state index in [1.54, 1.807) is 9.44 Å². The van der Waals surface area contributed by atoms with Gasteiger partial charge in [0.1, 0.15) is 0 Å². The molecule has 2 heteroatoms. The predicted molar refractivity (Wildman–Crippen MR) is 63.7 cm³/mol. The van der Waals surface area contributed by atoms with E-state index >= 15 is 0 Å². The topological polar surface area (TPSA) is 0 Å². The number of rotatable bonds is 1. The Morgan fingerprint density at radius 1 is 1.31 bits per heavy atom. The summed E-state index contributed by atoms with van der Waals surface area (Å²) in [5.74, 6) is 0. The van der Waals surface area contributed by atoms with Crippen molar-refractivity contribution in [1.82, 2.24) is 0 Å². The van der Waals surface area contributed by atoms with Gasteiger partial charge in [-0.05, 0) is 0 Å². The second-order valence-electron chi connectivity index (χ2n) is 5.68. The molecule has 0 nitrogen and oxygen atoms in total. The molecule has 0 aromatic carbocycles. The van der Waals surface area contributed by atoms with Crippen LogP contribution < -0.4 is 0 Å². The van der Waals surface area contributed by atoms with Gasteiger partial charge in [-0.2, -0.15) is 0 Å². The second-order valence-corrected chi connectivity index (χ2v) is 11.0. The van der Waals surface area contributed by atoms with Crippen LogP contribution in [0, 0.1) is 0 Å². The first kappa shape index (κ1) is 11.4. The monoisotopic (exact) mass is 186 g/mol. The molecule has 0 radical (unpaired) electrons. The molecule has 0 saturated heterocycles. The van der Waals surface area contributed by atoms with Crippen molar-refractivity contribution in [3.05, 3.63) is 21.6 Å². The molecule has 0 spiro atoms. The molecule has 68 valence electrons. The minimum atomic E-state index is -1.24. The van der Waals surface area contributed by atoms with E-state index in [2.05, 4.69) is 63.7 Å². The SMILES string of the molecule is [Li][C]1=C([Si](C)(C)C(C)(C)C)C=CC1. The summed E-state index contributed by atoms with van der Waals surface area (Å²) >= 11 is 2.29. The summed E-state index contributed by atoms with van der Waals surface area (Å²) in [6.45, 7) is 12.1. The molecule has 0 N–H and O–H groups in total. The van der Waals surface area contributed by atoms with Gasteiger partial charge in [0, 0.05) is 0 Å². The molecule has 0 aromatic heterocycles. The fourth-order valence-corrected chi connectivity index (χ4v) is 4.26. The van der Waals surface area contributed by atoms with E-state index in [1.807, 2.05) is 0 Å². The van der Waals surface area contributed by atoms with Crippen molar-refractivity contribution in [3.8, 4) is 0 Å². The van der Waals surface area contributed by atoms with Gasteiger partial charge in [-0.15, -0.1) is 0 Å². The fraction of sp³-hybridized carbons (Fsp3) is 0.636. The molecular weight excluding hydrogens is 167 g/mol. The zero-order valence-corrected chi connectivity index (χ0v) is 10.9. The van der Waals surface area contributed by atoms with Crippen LogP contribution in [0.4, 0.5) is 0 Å². The molecule has 0 fully saturated rings. The van der Waals surface area contributed by atoms with Crippen LogP contribution in [0.5, 0.6) is 0 Å². The Kier molecular flexibility index (Phi) is 3.02. The summed E-state index contributed by atoms with van der Waals surface area (Å²) in [5.41, 5.74) is 0. The summed E-state index contributed by atoms with van der Waals surface area (Å²) in [6, 6.07) is 0. The maximum absolute atomic E-state index is 2.49. The molecule has 0 aliphatic heterocycles. The summed E-state index contributed by atoms with van der Waals surface area (Å²) in [4.78, 5) is 0. The average Bonchev–Trinajstić information content (AvgIpc) is 2.32. The number of allylic oxidation sites excluding steroid dienone is 4. The standard InChI is InChI=1S/C11H19Si.Li/c1-11(2,3)12(4,5)10-8-6-7-9-10;/h6,8H,7H2,1-5H3;. The van der Waals surface area contributed by atoms with E-state index in [1.165, 1.54) is 6.42 Å². The van der Waals surface area contributed by atoms with Crippen molar-refractivity contribution in [2.24, 2.45) is 0 Å². The predicted octanol–water partition coefficient (Wildman–Crippen LogP) is 3.42. The zero-order chi connectivity index (χ0) is 10.3. The molecular formula is C11H19LiSi. The van der Waals surface area contributed by atoms with Crippen molar-refractivity contribution in [2.75, 3.05) is 0 Å². The van der Waals surface area contributed by atoms with Gasteiger partial charge in [0.25, 0.3) is 0 Å². The van der Waals surface area contributed by atoms with Crippen molar-refractivity contribution >= 4 is 25.8 Å². The molecule has 0 saturated carbocycles. The van der Waals surface area contributed by atoms with Gasteiger partial charge in [-0.3, -0.25) is 0 Å². The van der Waals surface area contributed by atoms with Crippen LogP contribution in [0.15, 0.2) is 21.6 Å². The van der Waals surface area contributed by atoms with Gasteiger partial charge in [0.2, 0.25) is 0 Å². The first-order valence-corrected chi connectivity index (χ1v) is 8.13. The van der Waals surface area contributed by atoms with Crippen LogP contribution in [-0.2, 0) is 0 Å². The molecule has 1 aliphatic carbocycles. The molecule has 0 aromatic rings. The Morgan fingerprint density at radius 3 is 2.15 bits per heavy atom. The van der Waals surface area contributed by atoms with Gasteiger partial charge in [-0.1, -0.05) is 0 Å². The number of hydrogen-bond acceptors (Lipinski definition) is 0. The summed E-state index contributed by atoms with van der Waals surface area (Å²) < 4.78 is 1.60. The zero-order valence-electron chi connectivity index (χ0n) is 9.86. The van der Waals surface area contributed by atoms with Gasteiger partial charge in [0.05, 0.1) is 0 Å². The van der Waals surface area contributed by atoms with E-state index in [0.29, 0.717) is 5.04 Å². The maximum atomic E-state index is 2.49. The Balaban J connectivity index is 3.07. The van der Waals surface area contributed by atoms with E-state index in [4.69, 9.17) is 0 Å². The van der Waals surface area contributed by atoms with Crippen LogP contribution in [-0.4, -0.2) is 25.8 Å². The Hall–Kier alpha value is 0.294. The first-order chi connectivity index (χ1) is 5.77. The second kappa shape index (κ2) is 3.46. The Bertz CT molecular complexity index is 266. The van der Waals surface area contributed by atoms with Crippen molar-refractivity contribution < 1.29 is 0 Å². The minimum absolute atomic E-state index is 0.471. The molecule has 0 unspecified atom stereocenters. The molecule has 0 atom stereocenters. The van der Waals surface area contributed by atoms with Crippen LogP contribution in [0.3, 0.4) is 0 Å². The van der Waals surface area contributed by atoms with E-state index in [-0.39, 0.29) is 0 Å². The van der Waals surface area contributed by atoms with Crippen LogP contribution in [0.2, 0.25) is 18.1 Å². The van der Waals surface area contributed by atoms with Gasteiger partial charge < -0.3 is 0 Å². The average molecular weight is 186 g/mol. The van der Waals surface area contributed by atoms with Crippen molar-refractivity contribution in [3.63, 3.8) is 0 Å². The summed E-state index contributed by atoms with van der Waals surface area (Å²) in [6.07, 6.45) is 5.86. The molecule has 13 heavy (non-hydrogen) atoms. The van der Waals surface area contributed by atoms with E-state index in [9.17, 15) is 0 Å². The first-order valence-electron chi connectivity index (χ1n) is 5.13. The third kappa shape index (κ3) is 2.04. The molecule has 1 rings (SSSR count). The van der Waals surface area contributed by atoms with Gasteiger partial charge in [0.15, 0.2) is 0 Å². The van der Waals surface area contributed by atoms with Gasteiger partial charge in [-0.25, -0.2) is 0 Å². The molecule has 0 amide bonds. The van der Waals surface area contributed by atoms with E-state index < -0.39 is 8.07 Å². The Labute approximate surface area is 92.7 Å². The van der Waals surface area contributed by atoms with Crippen molar-refractivity contribution in [2.45, 2.75) is 45.3 Å². The van der Waals surface area contributed by atoms with Gasteiger partial charge >= 0.3 is 92.7 Å². The molecule has 1 aliphatic rings. The normalized spacial score (nSPS) is 18.7. The summed E-state index contributed by atoms with van der Waals surface area (Å²) in [7, 11) is -1.24. The Morgan fingerprint density at radius 2 is 1.85 bits per heavy atom. The van der Waals surface area contributed by atoms with E-state index in [0.717, 1.165) is 0 Å². The van der Waals surface area contributed by atoms with Crippen LogP contribution in [0.1, 0.15) is 27.2 Å². The summed E-state index contributed by atoms with van der Waals surface area (Å²) in [5, 5.41) is 2.15. The van der Waals surface area contributed by atoms with Crippen LogP contribution >= 0.6 is 0 Å². The molecule has 0 heterocycles.